The van der Waals surface area contributed by atoms with Crippen molar-refractivity contribution in [3.63, 3.8) is 0 Å². The summed E-state index contributed by atoms with van der Waals surface area (Å²) in [5, 5.41) is 2.70. The molecule has 130 valence electrons. The third-order valence-electron chi connectivity index (χ3n) is 4.16. The van der Waals surface area contributed by atoms with Gasteiger partial charge in [0.25, 0.3) is 0 Å². The van der Waals surface area contributed by atoms with Crippen LogP contribution in [-0.2, 0) is 14.4 Å². The van der Waals surface area contributed by atoms with Gasteiger partial charge < -0.3 is 20.9 Å². The van der Waals surface area contributed by atoms with Crippen LogP contribution in [0.3, 0.4) is 0 Å². The molecule has 0 aliphatic carbocycles. The molecule has 0 bridgehead atoms. The van der Waals surface area contributed by atoms with E-state index in [0.29, 0.717) is 26.2 Å². The molecule has 1 unspecified atom stereocenters. The summed E-state index contributed by atoms with van der Waals surface area (Å²) in [5.74, 6) is -0.286. The second-order valence-electron chi connectivity index (χ2n) is 5.82. The quantitative estimate of drug-likeness (QED) is 0.786. The van der Waals surface area contributed by atoms with Gasteiger partial charge in [-0.3, -0.25) is 14.4 Å². The van der Waals surface area contributed by atoms with Gasteiger partial charge in [-0.25, -0.2) is 0 Å². The lowest BCUT2D eigenvalue weighted by atomic mass is 10.1. The Bertz CT molecular complexity index is 583. The van der Waals surface area contributed by atoms with E-state index in [1.807, 2.05) is 18.2 Å². The molecule has 7 nitrogen and oxygen atoms in total. The lowest BCUT2D eigenvalue weighted by molar-refractivity contribution is -0.138. The molecule has 1 aliphatic rings. The SMILES string of the molecule is CC(=O)N1CCN(C(=O)CCNC(=O)C(N)c2ccccc2)CC1. The second kappa shape index (κ2) is 8.44. The van der Waals surface area contributed by atoms with Gasteiger partial charge in [-0.05, 0) is 5.56 Å². The largest absolute Gasteiger partial charge is 0.354 e. The molecular weight excluding hydrogens is 308 g/mol. The molecule has 1 fully saturated rings. The minimum absolute atomic E-state index is 0.0215. The highest BCUT2D eigenvalue weighted by Crippen LogP contribution is 2.09. The van der Waals surface area contributed by atoms with Crippen molar-refractivity contribution in [1.82, 2.24) is 15.1 Å². The molecule has 3 amide bonds. The van der Waals surface area contributed by atoms with E-state index in [9.17, 15) is 14.4 Å². The highest BCUT2D eigenvalue weighted by Gasteiger charge is 2.22. The predicted molar refractivity (Wildman–Crippen MR) is 89.8 cm³/mol. The van der Waals surface area contributed by atoms with Crippen molar-refractivity contribution in [3.05, 3.63) is 35.9 Å². The number of hydrogen-bond acceptors (Lipinski definition) is 4. The third kappa shape index (κ3) is 4.79. The zero-order chi connectivity index (χ0) is 17.5. The first-order valence-corrected chi connectivity index (χ1v) is 8.10. The summed E-state index contributed by atoms with van der Waals surface area (Å²) < 4.78 is 0. The molecule has 0 radical (unpaired) electrons. The molecule has 3 N–H and O–H groups in total. The number of carbonyl (C=O) groups excluding carboxylic acids is 3. The average molecular weight is 332 g/mol. The van der Waals surface area contributed by atoms with Gasteiger partial charge >= 0.3 is 0 Å². The summed E-state index contributed by atoms with van der Waals surface area (Å²) >= 11 is 0. The highest BCUT2D eigenvalue weighted by molar-refractivity contribution is 5.84. The van der Waals surface area contributed by atoms with Crippen LogP contribution in [0, 0.1) is 0 Å². The van der Waals surface area contributed by atoms with Gasteiger partial charge in [0.2, 0.25) is 17.7 Å². The summed E-state index contributed by atoms with van der Waals surface area (Å²) in [5.41, 5.74) is 6.63. The van der Waals surface area contributed by atoms with Crippen LogP contribution in [-0.4, -0.2) is 60.2 Å². The fourth-order valence-corrected chi connectivity index (χ4v) is 2.64. The molecule has 24 heavy (non-hydrogen) atoms. The van der Waals surface area contributed by atoms with Crippen molar-refractivity contribution in [2.75, 3.05) is 32.7 Å². The van der Waals surface area contributed by atoms with E-state index in [4.69, 9.17) is 5.73 Å². The molecule has 1 heterocycles. The van der Waals surface area contributed by atoms with Crippen molar-refractivity contribution in [3.8, 4) is 0 Å². The Kier molecular flexibility index (Phi) is 6.31. The molecule has 0 aromatic heterocycles. The maximum atomic E-state index is 12.1. The molecule has 7 heteroatoms. The molecule has 1 aromatic rings. The Morgan fingerprint density at radius 1 is 1.08 bits per heavy atom. The van der Waals surface area contributed by atoms with E-state index in [1.165, 1.54) is 6.92 Å². The van der Waals surface area contributed by atoms with E-state index in [0.717, 1.165) is 5.56 Å². The zero-order valence-electron chi connectivity index (χ0n) is 13.9. The van der Waals surface area contributed by atoms with Crippen LogP contribution in [0.4, 0.5) is 0 Å². The predicted octanol–water partition coefficient (Wildman–Crippen LogP) is -0.117. The monoisotopic (exact) mass is 332 g/mol. The van der Waals surface area contributed by atoms with Crippen molar-refractivity contribution < 1.29 is 14.4 Å². The number of hydrogen-bond donors (Lipinski definition) is 2. The Balaban J connectivity index is 1.71. The van der Waals surface area contributed by atoms with E-state index in [-0.39, 0.29) is 30.7 Å². The van der Waals surface area contributed by atoms with E-state index >= 15 is 0 Å². The normalized spacial score (nSPS) is 15.8. The fraction of sp³-hybridized carbons (Fsp3) is 0.471. The first-order valence-electron chi connectivity index (χ1n) is 8.10. The fourth-order valence-electron chi connectivity index (χ4n) is 2.64. The van der Waals surface area contributed by atoms with Gasteiger partial charge in [0.05, 0.1) is 0 Å². The molecule has 0 spiro atoms. The van der Waals surface area contributed by atoms with Crippen LogP contribution in [0.15, 0.2) is 30.3 Å². The molecule has 1 aliphatic heterocycles. The lowest BCUT2D eigenvalue weighted by Crippen LogP contribution is -2.50. The van der Waals surface area contributed by atoms with E-state index < -0.39 is 6.04 Å². The van der Waals surface area contributed by atoms with Crippen LogP contribution >= 0.6 is 0 Å². The average Bonchev–Trinajstić information content (AvgIpc) is 2.61. The molecular formula is C17H24N4O3. The number of rotatable bonds is 5. The Morgan fingerprint density at radius 3 is 2.25 bits per heavy atom. The molecule has 2 rings (SSSR count). The van der Waals surface area contributed by atoms with Crippen molar-refractivity contribution in [1.29, 1.82) is 0 Å². The van der Waals surface area contributed by atoms with Crippen LogP contribution in [0.25, 0.3) is 0 Å². The van der Waals surface area contributed by atoms with Gasteiger partial charge in [0.1, 0.15) is 6.04 Å². The number of carbonyl (C=O) groups is 3. The number of nitrogens with two attached hydrogens (primary N) is 1. The Morgan fingerprint density at radius 2 is 1.67 bits per heavy atom. The molecule has 0 saturated carbocycles. The minimum atomic E-state index is -0.736. The number of nitrogens with zero attached hydrogens (tertiary/aromatic N) is 2. The van der Waals surface area contributed by atoms with Crippen molar-refractivity contribution >= 4 is 17.7 Å². The first-order chi connectivity index (χ1) is 11.5. The van der Waals surface area contributed by atoms with Crippen molar-refractivity contribution in [2.24, 2.45) is 5.73 Å². The summed E-state index contributed by atoms with van der Waals surface area (Å²) in [6, 6.07) is 8.37. The molecule has 1 atom stereocenters. The summed E-state index contributed by atoms with van der Waals surface area (Å²) in [7, 11) is 0. The van der Waals surface area contributed by atoms with Gasteiger partial charge in [0, 0.05) is 46.1 Å². The first kappa shape index (κ1) is 17.9. The van der Waals surface area contributed by atoms with Gasteiger partial charge in [-0.1, -0.05) is 30.3 Å². The van der Waals surface area contributed by atoms with Crippen molar-refractivity contribution in [2.45, 2.75) is 19.4 Å². The van der Waals surface area contributed by atoms with Crippen LogP contribution in [0.1, 0.15) is 24.9 Å². The van der Waals surface area contributed by atoms with Gasteiger partial charge in [0.15, 0.2) is 0 Å². The number of benzene rings is 1. The van der Waals surface area contributed by atoms with E-state index in [2.05, 4.69) is 5.32 Å². The van der Waals surface area contributed by atoms with Crippen LogP contribution in [0.5, 0.6) is 0 Å². The second-order valence-corrected chi connectivity index (χ2v) is 5.82. The summed E-state index contributed by atoms with van der Waals surface area (Å²) in [6.45, 7) is 3.98. The topological polar surface area (TPSA) is 95.7 Å². The highest BCUT2D eigenvalue weighted by atomic mass is 16.2. The Hall–Kier alpha value is -2.41. The molecule has 1 saturated heterocycles. The zero-order valence-corrected chi connectivity index (χ0v) is 13.9. The molecule has 1 aromatic carbocycles. The standard InChI is InChI=1S/C17H24N4O3/c1-13(22)20-9-11-21(12-10-20)15(23)7-8-19-17(24)16(18)14-5-3-2-4-6-14/h2-6,16H,7-12,18H2,1H3,(H,19,24). The van der Waals surface area contributed by atoms with Crippen LogP contribution in [0.2, 0.25) is 0 Å². The van der Waals surface area contributed by atoms with E-state index in [1.54, 1.807) is 21.9 Å². The number of piperazine rings is 1. The van der Waals surface area contributed by atoms with Gasteiger partial charge in [-0.15, -0.1) is 0 Å². The van der Waals surface area contributed by atoms with Gasteiger partial charge in [-0.2, -0.15) is 0 Å². The number of amides is 3. The smallest absolute Gasteiger partial charge is 0.241 e. The Labute approximate surface area is 141 Å². The lowest BCUT2D eigenvalue weighted by Gasteiger charge is -2.34. The van der Waals surface area contributed by atoms with Crippen LogP contribution < -0.4 is 11.1 Å². The number of nitrogens with one attached hydrogen (secondary N) is 1. The third-order valence-corrected chi connectivity index (χ3v) is 4.16. The summed E-state index contributed by atoms with van der Waals surface area (Å²) in [6.07, 6.45) is 0.229. The minimum Gasteiger partial charge on any atom is -0.354 e. The summed E-state index contributed by atoms with van der Waals surface area (Å²) in [4.78, 5) is 38.9. The maximum absolute atomic E-state index is 12.1. The maximum Gasteiger partial charge on any atom is 0.241 e.